The van der Waals surface area contributed by atoms with Crippen molar-refractivity contribution in [3.05, 3.63) is 23.8 Å². The Kier molecular flexibility index (Phi) is 1.73. The SMILES string of the molecule is CCCON1C(=O)C2Oc3cccc1c32. The number of carbonyl (C=O) groups is 1. The number of hydroxylamine groups is 1. The highest BCUT2D eigenvalue weighted by atomic mass is 16.7. The Hall–Kier alpha value is -1.55. The molecule has 0 bridgehead atoms. The zero-order chi connectivity index (χ0) is 10.4. The van der Waals surface area contributed by atoms with Crippen LogP contribution in [-0.4, -0.2) is 12.5 Å². The Bertz CT molecular complexity index is 430. The largest absolute Gasteiger partial charge is 0.475 e. The van der Waals surface area contributed by atoms with Gasteiger partial charge in [-0.25, -0.2) is 0 Å². The molecule has 0 saturated heterocycles. The van der Waals surface area contributed by atoms with Crippen molar-refractivity contribution in [3.8, 4) is 5.75 Å². The molecule has 0 spiro atoms. The lowest BCUT2D eigenvalue weighted by molar-refractivity contribution is -0.133. The second-order valence-corrected chi connectivity index (χ2v) is 3.65. The standard InChI is InChI=1S/C11H11NO3/c1-2-6-14-12-7-4-3-5-8-9(7)10(15-8)11(12)13/h3-5,10H,2,6H2,1H3. The summed E-state index contributed by atoms with van der Waals surface area (Å²) in [5, 5.41) is 1.36. The van der Waals surface area contributed by atoms with Gasteiger partial charge in [0.1, 0.15) is 5.75 Å². The third kappa shape index (κ3) is 1.02. The Morgan fingerprint density at radius 2 is 2.40 bits per heavy atom. The van der Waals surface area contributed by atoms with E-state index >= 15 is 0 Å². The summed E-state index contributed by atoms with van der Waals surface area (Å²) in [6.45, 7) is 2.55. The number of anilines is 1. The average molecular weight is 205 g/mol. The van der Waals surface area contributed by atoms with E-state index in [1.807, 2.05) is 25.1 Å². The zero-order valence-electron chi connectivity index (χ0n) is 8.40. The van der Waals surface area contributed by atoms with Crippen LogP contribution in [0, 0.1) is 0 Å². The summed E-state index contributed by atoms with van der Waals surface area (Å²) >= 11 is 0. The molecule has 3 rings (SSSR count). The van der Waals surface area contributed by atoms with Crippen LogP contribution in [0.4, 0.5) is 5.69 Å². The van der Waals surface area contributed by atoms with Gasteiger partial charge in [-0.3, -0.25) is 9.63 Å². The van der Waals surface area contributed by atoms with E-state index in [0.717, 1.165) is 23.4 Å². The van der Waals surface area contributed by atoms with E-state index in [9.17, 15) is 4.79 Å². The highest BCUT2D eigenvalue weighted by Crippen LogP contribution is 2.51. The number of ether oxygens (including phenoxy) is 1. The molecule has 78 valence electrons. The summed E-state index contributed by atoms with van der Waals surface area (Å²) in [5.41, 5.74) is 1.81. The van der Waals surface area contributed by atoms with E-state index in [0.29, 0.717) is 6.61 Å². The predicted molar refractivity (Wildman–Crippen MR) is 53.5 cm³/mol. The second-order valence-electron chi connectivity index (χ2n) is 3.65. The van der Waals surface area contributed by atoms with Crippen LogP contribution >= 0.6 is 0 Å². The summed E-state index contributed by atoms with van der Waals surface area (Å²) in [6, 6.07) is 5.62. The first kappa shape index (κ1) is 8.73. The highest BCUT2D eigenvalue weighted by molar-refractivity contribution is 6.05. The van der Waals surface area contributed by atoms with Crippen LogP contribution in [0.15, 0.2) is 18.2 Å². The van der Waals surface area contributed by atoms with Crippen molar-refractivity contribution in [1.29, 1.82) is 0 Å². The average Bonchev–Trinajstić information content (AvgIpc) is 2.44. The van der Waals surface area contributed by atoms with Crippen molar-refractivity contribution in [2.75, 3.05) is 11.7 Å². The predicted octanol–water partition coefficient (Wildman–Crippen LogP) is 1.81. The Balaban J connectivity index is 1.96. The molecular formula is C11H11NO3. The van der Waals surface area contributed by atoms with Crippen LogP contribution in [0.3, 0.4) is 0 Å². The van der Waals surface area contributed by atoms with Gasteiger partial charge in [0, 0.05) is 0 Å². The molecule has 0 saturated carbocycles. The van der Waals surface area contributed by atoms with E-state index in [4.69, 9.17) is 9.57 Å². The van der Waals surface area contributed by atoms with Crippen LogP contribution < -0.4 is 9.80 Å². The third-order valence-electron chi connectivity index (χ3n) is 2.62. The van der Waals surface area contributed by atoms with E-state index in [2.05, 4.69) is 0 Å². The summed E-state index contributed by atoms with van der Waals surface area (Å²) in [6.07, 6.45) is 0.456. The van der Waals surface area contributed by atoms with Gasteiger partial charge in [-0.15, -0.1) is 0 Å². The maximum Gasteiger partial charge on any atom is 0.296 e. The van der Waals surface area contributed by atoms with Gasteiger partial charge in [0.25, 0.3) is 5.91 Å². The van der Waals surface area contributed by atoms with Gasteiger partial charge in [0.15, 0.2) is 0 Å². The summed E-state index contributed by atoms with van der Waals surface area (Å²) in [7, 11) is 0. The molecule has 1 aromatic carbocycles. The molecule has 0 radical (unpaired) electrons. The molecule has 1 aromatic rings. The molecule has 1 atom stereocenters. The molecule has 1 amide bonds. The molecule has 15 heavy (non-hydrogen) atoms. The van der Waals surface area contributed by atoms with Gasteiger partial charge in [-0.1, -0.05) is 13.0 Å². The number of rotatable bonds is 3. The first-order chi connectivity index (χ1) is 7.33. The monoisotopic (exact) mass is 205 g/mol. The number of nitrogens with zero attached hydrogens (tertiary/aromatic N) is 1. The maximum atomic E-state index is 11.8. The van der Waals surface area contributed by atoms with Crippen LogP contribution in [-0.2, 0) is 9.63 Å². The number of hydrogen-bond donors (Lipinski definition) is 0. The summed E-state index contributed by atoms with van der Waals surface area (Å²) in [4.78, 5) is 17.2. The number of carbonyl (C=O) groups excluding carboxylic acids is 1. The second kappa shape index (κ2) is 2.97. The lowest BCUT2D eigenvalue weighted by Crippen LogP contribution is -2.32. The quantitative estimate of drug-likeness (QED) is 0.755. The van der Waals surface area contributed by atoms with Crippen molar-refractivity contribution in [2.45, 2.75) is 19.4 Å². The van der Waals surface area contributed by atoms with E-state index in [-0.39, 0.29) is 5.91 Å². The number of benzene rings is 1. The molecule has 0 aromatic heterocycles. The molecule has 2 aliphatic rings. The molecular weight excluding hydrogens is 194 g/mol. The molecule has 0 N–H and O–H groups in total. The lowest BCUT2D eigenvalue weighted by atomic mass is 10.0. The highest BCUT2D eigenvalue weighted by Gasteiger charge is 2.48. The van der Waals surface area contributed by atoms with Crippen molar-refractivity contribution in [3.63, 3.8) is 0 Å². The van der Waals surface area contributed by atoms with E-state index in [1.165, 1.54) is 5.06 Å². The van der Waals surface area contributed by atoms with Gasteiger partial charge in [-0.2, -0.15) is 5.06 Å². The first-order valence-electron chi connectivity index (χ1n) is 5.09. The van der Waals surface area contributed by atoms with E-state index < -0.39 is 6.10 Å². The Morgan fingerprint density at radius 3 is 3.20 bits per heavy atom. The van der Waals surface area contributed by atoms with Crippen LogP contribution in [0.5, 0.6) is 5.75 Å². The molecule has 0 aliphatic carbocycles. The Morgan fingerprint density at radius 1 is 1.53 bits per heavy atom. The van der Waals surface area contributed by atoms with Gasteiger partial charge in [0.2, 0.25) is 6.10 Å². The van der Waals surface area contributed by atoms with Gasteiger partial charge in [-0.05, 0) is 18.6 Å². The smallest absolute Gasteiger partial charge is 0.296 e. The topological polar surface area (TPSA) is 38.8 Å². The molecule has 2 aliphatic heterocycles. The fourth-order valence-corrected chi connectivity index (χ4v) is 1.92. The van der Waals surface area contributed by atoms with Crippen molar-refractivity contribution < 1.29 is 14.4 Å². The molecule has 1 unspecified atom stereocenters. The van der Waals surface area contributed by atoms with E-state index in [1.54, 1.807) is 0 Å². The van der Waals surface area contributed by atoms with Gasteiger partial charge >= 0.3 is 0 Å². The molecule has 0 fully saturated rings. The first-order valence-corrected chi connectivity index (χ1v) is 5.09. The number of hydrogen-bond acceptors (Lipinski definition) is 3. The minimum atomic E-state index is -0.423. The van der Waals surface area contributed by atoms with Crippen LogP contribution in [0.2, 0.25) is 0 Å². The minimum Gasteiger partial charge on any atom is -0.475 e. The normalized spacial score (nSPS) is 21.0. The molecule has 4 nitrogen and oxygen atoms in total. The lowest BCUT2D eigenvalue weighted by Gasteiger charge is -2.23. The fourth-order valence-electron chi connectivity index (χ4n) is 1.92. The molecule has 2 heterocycles. The Labute approximate surface area is 87.3 Å². The summed E-state index contributed by atoms with van der Waals surface area (Å²) < 4.78 is 5.34. The minimum absolute atomic E-state index is 0.114. The molecule has 4 heteroatoms. The third-order valence-corrected chi connectivity index (χ3v) is 2.62. The van der Waals surface area contributed by atoms with Crippen LogP contribution in [0.25, 0.3) is 0 Å². The number of amides is 1. The van der Waals surface area contributed by atoms with Gasteiger partial charge < -0.3 is 4.74 Å². The van der Waals surface area contributed by atoms with Crippen LogP contribution in [0.1, 0.15) is 25.0 Å². The summed E-state index contributed by atoms with van der Waals surface area (Å²) in [5.74, 6) is 0.686. The van der Waals surface area contributed by atoms with Crippen molar-refractivity contribution >= 4 is 11.6 Å². The van der Waals surface area contributed by atoms with Crippen molar-refractivity contribution in [2.24, 2.45) is 0 Å². The van der Waals surface area contributed by atoms with Crippen molar-refractivity contribution in [1.82, 2.24) is 0 Å². The fraction of sp³-hybridized carbons (Fsp3) is 0.364. The maximum absolute atomic E-state index is 11.8. The van der Waals surface area contributed by atoms with Gasteiger partial charge in [0.05, 0.1) is 17.9 Å². The zero-order valence-corrected chi connectivity index (χ0v) is 8.40.